The van der Waals surface area contributed by atoms with Crippen LogP contribution in [0.4, 0.5) is 0 Å². The van der Waals surface area contributed by atoms with Gasteiger partial charge in [0.2, 0.25) is 6.23 Å². The van der Waals surface area contributed by atoms with E-state index in [9.17, 15) is 0 Å². The van der Waals surface area contributed by atoms with Crippen molar-refractivity contribution >= 4 is 48.9 Å². The van der Waals surface area contributed by atoms with Gasteiger partial charge in [0, 0.05) is 22.0 Å². The number of aryl methyl sites for hydroxylation is 1. The van der Waals surface area contributed by atoms with Crippen molar-refractivity contribution in [3.05, 3.63) is 84.4 Å². The summed E-state index contributed by atoms with van der Waals surface area (Å²) in [5, 5.41) is 7.13. The molecule has 136 valence electrons. The molecule has 3 nitrogen and oxygen atoms in total. The number of benzene rings is 2. The molecule has 2 aliphatic heterocycles. The summed E-state index contributed by atoms with van der Waals surface area (Å²) in [5.74, 6) is 0.939. The van der Waals surface area contributed by atoms with Crippen LogP contribution in [-0.4, -0.2) is 10.7 Å². The second kappa shape index (κ2) is 6.76. The molecule has 5 rings (SSSR count). The lowest BCUT2D eigenvalue weighted by Gasteiger charge is -2.38. The number of ether oxygens (including phenoxy) is 1. The molecule has 3 aromatic rings. The van der Waals surface area contributed by atoms with Crippen molar-refractivity contribution in [1.29, 1.82) is 0 Å². The van der Waals surface area contributed by atoms with Crippen molar-refractivity contribution in [2.24, 2.45) is 5.10 Å². The standard InChI is InChI=1S/C21H16Br2N2OS/c1-12-2-4-13(5-3-12)21-25-17(15-10-14(22)6-7-18(15)26-21)11-16(24-25)19-8-9-20(23)27-19/h2-10,17,21H,11H2,1H3/t17-,21+/m0/s1. The Labute approximate surface area is 178 Å². The fourth-order valence-electron chi connectivity index (χ4n) is 3.63. The van der Waals surface area contributed by atoms with Crippen LogP contribution < -0.4 is 4.74 Å². The Hall–Kier alpha value is -1.63. The largest absolute Gasteiger partial charge is 0.464 e. The molecule has 0 N–H and O–H groups in total. The number of hydrazone groups is 1. The lowest BCUT2D eigenvalue weighted by atomic mass is 9.97. The third kappa shape index (κ3) is 3.13. The minimum atomic E-state index is -0.217. The van der Waals surface area contributed by atoms with Crippen LogP contribution in [0.15, 0.2) is 68.0 Å². The first kappa shape index (κ1) is 17.5. The average molecular weight is 504 g/mol. The summed E-state index contributed by atoms with van der Waals surface area (Å²) in [6, 6.07) is 19.2. The summed E-state index contributed by atoms with van der Waals surface area (Å²) in [5.41, 5.74) is 4.66. The van der Waals surface area contributed by atoms with Gasteiger partial charge in [-0.15, -0.1) is 11.3 Å². The van der Waals surface area contributed by atoms with Gasteiger partial charge >= 0.3 is 0 Å². The molecule has 3 heterocycles. The van der Waals surface area contributed by atoms with Crippen LogP contribution in [0.2, 0.25) is 0 Å². The van der Waals surface area contributed by atoms with Gasteiger partial charge < -0.3 is 4.74 Å². The van der Waals surface area contributed by atoms with Gasteiger partial charge in [-0.2, -0.15) is 5.10 Å². The number of hydrogen-bond donors (Lipinski definition) is 0. The van der Waals surface area contributed by atoms with Gasteiger partial charge in [-0.3, -0.25) is 0 Å². The Bertz CT molecular complexity index is 1040. The molecule has 0 bridgehead atoms. The number of halogens is 2. The first-order valence-electron chi connectivity index (χ1n) is 8.73. The summed E-state index contributed by atoms with van der Waals surface area (Å²) < 4.78 is 8.59. The topological polar surface area (TPSA) is 24.8 Å². The number of fused-ring (bicyclic) bond motifs is 3. The van der Waals surface area contributed by atoms with Crippen LogP contribution in [0.25, 0.3) is 0 Å². The number of hydrogen-bond acceptors (Lipinski definition) is 4. The zero-order valence-electron chi connectivity index (χ0n) is 14.5. The molecule has 2 aromatic carbocycles. The van der Waals surface area contributed by atoms with E-state index in [4.69, 9.17) is 9.84 Å². The van der Waals surface area contributed by atoms with Crippen LogP contribution in [0.3, 0.4) is 0 Å². The zero-order chi connectivity index (χ0) is 18.5. The quantitative estimate of drug-likeness (QED) is 0.383. The minimum Gasteiger partial charge on any atom is -0.464 e. The van der Waals surface area contributed by atoms with Crippen molar-refractivity contribution in [3.8, 4) is 5.75 Å². The van der Waals surface area contributed by atoms with Gasteiger partial charge in [-0.1, -0.05) is 45.8 Å². The summed E-state index contributed by atoms with van der Waals surface area (Å²) in [6.45, 7) is 2.10. The van der Waals surface area contributed by atoms with E-state index in [-0.39, 0.29) is 12.3 Å². The molecular weight excluding hydrogens is 488 g/mol. The first-order valence-corrected chi connectivity index (χ1v) is 11.1. The Morgan fingerprint density at radius 1 is 1.07 bits per heavy atom. The Balaban J connectivity index is 1.60. The minimum absolute atomic E-state index is 0.174. The van der Waals surface area contributed by atoms with Crippen molar-refractivity contribution in [2.45, 2.75) is 25.6 Å². The monoisotopic (exact) mass is 502 g/mol. The van der Waals surface area contributed by atoms with Gasteiger partial charge in [-0.05, 0) is 53.2 Å². The van der Waals surface area contributed by atoms with Gasteiger partial charge in [0.15, 0.2) is 0 Å². The third-order valence-corrected chi connectivity index (χ3v) is 7.14. The van der Waals surface area contributed by atoms with Crippen molar-refractivity contribution < 1.29 is 4.74 Å². The number of rotatable bonds is 2. The Morgan fingerprint density at radius 3 is 2.63 bits per heavy atom. The van der Waals surface area contributed by atoms with Crippen LogP contribution >= 0.6 is 43.2 Å². The number of nitrogens with zero attached hydrogens (tertiary/aromatic N) is 2. The van der Waals surface area contributed by atoms with E-state index >= 15 is 0 Å². The second-order valence-electron chi connectivity index (χ2n) is 6.81. The van der Waals surface area contributed by atoms with E-state index in [0.717, 1.165) is 31.7 Å². The predicted octanol–water partition coefficient (Wildman–Crippen LogP) is 6.82. The van der Waals surface area contributed by atoms with Gasteiger partial charge in [0.25, 0.3) is 0 Å². The fourth-order valence-corrected chi connectivity index (χ4v) is 5.39. The molecule has 0 unspecified atom stereocenters. The molecule has 27 heavy (non-hydrogen) atoms. The average Bonchev–Trinajstić information content (AvgIpc) is 3.28. The van der Waals surface area contributed by atoms with Crippen LogP contribution in [0.1, 0.15) is 40.3 Å². The maximum Gasteiger partial charge on any atom is 0.213 e. The van der Waals surface area contributed by atoms with Gasteiger partial charge in [0.05, 0.1) is 20.4 Å². The van der Waals surface area contributed by atoms with E-state index in [1.54, 1.807) is 11.3 Å². The Kier molecular flexibility index (Phi) is 4.37. The first-order chi connectivity index (χ1) is 13.1. The van der Waals surface area contributed by atoms with E-state index in [2.05, 4.69) is 92.3 Å². The highest BCUT2D eigenvalue weighted by atomic mass is 79.9. The number of thiophene rings is 1. The van der Waals surface area contributed by atoms with E-state index in [1.807, 2.05) is 6.07 Å². The highest BCUT2D eigenvalue weighted by molar-refractivity contribution is 9.11. The SMILES string of the molecule is Cc1ccc([C@H]2Oc3ccc(Br)cc3[C@@H]3CC(c4ccc(Br)s4)=NN23)cc1. The molecule has 2 aliphatic rings. The highest BCUT2D eigenvalue weighted by Crippen LogP contribution is 2.48. The smallest absolute Gasteiger partial charge is 0.213 e. The zero-order valence-corrected chi connectivity index (χ0v) is 18.5. The van der Waals surface area contributed by atoms with Crippen LogP contribution in [0.5, 0.6) is 5.75 Å². The molecule has 2 atom stereocenters. The van der Waals surface area contributed by atoms with E-state index < -0.39 is 0 Å². The fraction of sp³-hybridized carbons (Fsp3) is 0.190. The summed E-state index contributed by atoms with van der Waals surface area (Å²) in [6.07, 6.45) is 0.660. The third-order valence-electron chi connectivity index (χ3n) is 4.97. The summed E-state index contributed by atoms with van der Waals surface area (Å²) >= 11 is 8.89. The predicted molar refractivity (Wildman–Crippen MR) is 116 cm³/mol. The Morgan fingerprint density at radius 2 is 1.89 bits per heavy atom. The van der Waals surface area contributed by atoms with Crippen molar-refractivity contribution in [1.82, 2.24) is 5.01 Å². The van der Waals surface area contributed by atoms with Crippen molar-refractivity contribution in [2.75, 3.05) is 0 Å². The van der Waals surface area contributed by atoms with E-state index in [1.165, 1.54) is 16.0 Å². The molecule has 0 fully saturated rings. The van der Waals surface area contributed by atoms with Crippen LogP contribution in [0, 0.1) is 6.92 Å². The molecule has 0 amide bonds. The van der Waals surface area contributed by atoms with Crippen molar-refractivity contribution in [3.63, 3.8) is 0 Å². The van der Waals surface area contributed by atoms with Gasteiger partial charge in [-0.25, -0.2) is 5.01 Å². The highest BCUT2D eigenvalue weighted by Gasteiger charge is 2.41. The maximum absolute atomic E-state index is 6.41. The molecule has 1 aromatic heterocycles. The summed E-state index contributed by atoms with van der Waals surface area (Å²) in [4.78, 5) is 1.20. The normalized spacial score (nSPS) is 20.7. The molecule has 0 saturated heterocycles. The van der Waals surface area contributed by atoms with E-state index in [0.29, 0.717) is 0 Å². The molecule has 0 spiro atoms. The van der Waals surface area contributed by atoms with Crippen LogP contribution in [-0.2, 0) is 0 Å². The summed E-state index contributed by atoms with van der Waals surface area (Å²) in [7, 11) is 0. The molecule has 0 aliphatic carbocycles. The lowest BCUT2D eigenvalue weighted by Crippen LogP contribution is -2.33. The molecule has 6 heteroatoms. The lowest BCUT2D eigenvalue weighted by molar-refractivity contribution is -0.0190. The van der Waals surface area contributed by atoms with Gasteiger partial charge in [0.1, 0.15) is 5.75 Å². The maximum atomic E-state index is 6.41. The molecular formula is C21H16Br2N2OS. The molecule has 0 saturated carbocycles. The molecule has 0 radical (unpaired) electrons. The second-order valence-corrected chi connectivity index (χ2v) is 10.2.